The highest BCUT2D eigenvalue weighted by molar-refractivity contribution is 9.10. The van der Waals surface area contributed by atoms with E-state index in [2.05, 4.69) is 28.2 Å². The Morgan fingerprint density at radius 1 is 1.30 bits per heavy atom. The molecule has 3 nitrogen and oxygen atoms in total. The Balaban J connectivity index is 1.77. The maximum Gasteiger partial charge on any atom is 0.122 e. The number of ether oxygens (including phenoxy) is 2. The molecule has 0 bridgehead atoms. The van der Waals surface area contributed by atoms with Gasteiger partial charge in [0.05, 0.1) is 18.3 Å². The van der Waals surface area contributed by atoms with Gasteiger partial charge in [0.2, 0.25) is 0 Å². The van der Waals surface area contributed by atoms with Gasteiger partial charge in [0, 0.05) is 31.0 Å². The topological polar surface area (TPSA) is 30.5 Å². The van der Waals surface area contributed by atoms with E-state index in [4.69, 9.17) is 21.1 Å². The lowest BCUT2D eigenvalue weighted by Gasteiger charge is -2.47. The van der Waals surface area contributed by atoms with Crippen LogP contribution in [-0.4, -0.2) is 41.3 Å². The van der Waals surface area contributed by atoms with Gasteiger partial charge in [0.15, 0.2) is 0 Å². The molecule has 5 heteroatoms. The number of alkyl halides is 2. The Bertz CT molecular complexity index is 362. The molecule has 2 aliphatic heterocycles. The summed E-state index contributed by atoms with van der Waals surface area (Å²) in [7, 11) is 1.83. The van der Waals surface area contributed by atoms with Crippen LogP contribution < -0.4 is 5.32 Å². The molecule has 3 aliphatic rings. The minimum absolute atomic E-state index is 0.0880. The van der Waals surface area contributed by atoms with Crippen molar-refractivity contribution in [3.63, 3.8) is 0 Å². The van der Waals surface area contributed by atoms with Crippen LogP contribution in [-0.2, 0) is 9.47 Å². The molecule has 8 atom stereocenters. The van der Waals surface area contributed by atoms with Crippen molar-refractivity contribution in [3.8, 4) is 0 Å². The molecule has 0 spiro atoms. The fourth-order valence-electron chi connectivity index (χ4n) is 4.37. The highest BCUT2D eigenvalue weighted by atomic mass is 79.9. The largest absolute Gasteiger partial charge is 0.381 e. The van der Waals surface area contributed by atoms with Gasteiger partial charge in [-0.15, -0.1) is 11.6 Å². The first-order chi connectivity index (χ1) is 9.40. The summed E-state index contributed by atoms with van der Waals surface area (Å²) >= 11 is 10.00. The molecule has 0 aromatic rings. The van der Waals surface area contributed by atoms with Crippen LogP contribution in [0.15, 0.2) is 0 Å². The molecular weight excluding hydrogens is 342 g/mol. The highest BCUT2D eigenvalue weighted by Crippen LogP contribution is 2.48. The Labute approximate surface area is 135 Å². The normalized spacial score (nSPS) is 51.1. The van der Waals surface area contributed by atoms with E-state index >= 15 is 0 Å². The Kier molecular flexibility index (Phi) is 4.42. The van der Waals surface area contributed by atoms with Crippen molar-refractivity contribution >= 4 is 27.5 Å². The standard InChI is InChI=1S/C15H25BrClNO2/c1-8-10-7-13(15(2,16)17)20-14(10)11-6-9(19-3)4-5-12(11)18-8/h8-14,18H,4-7H2,1-3H3/t8?,9?,10?,11?,12?,13-,14?,15-/m1/s1. The summed E-state index contributed by atoms with van der Waals surface area (Å²) in [6.07, 6.45) is 5.29. The van der Waals surface area contributed by atoms with Gasteiger partial charge < -0.3 is 14.8 Å². The first-order valence-corrected chi connectivity index (χ1v) is 8.89. The van der Waals surface area contributed by atoms with E-state index in [1.54, 1.807) is 0 Å². The predicted molar refractivity (Wildman–Crippen MR) is 84.5 cm³/mol. The van der Waals surface area contributed by atoms with Gasteiger partial charge in [-0.1, -0.05) is 15.9 Å². The highest BCUT2D eigenvalue weighted by Gasteiger charge is 2.53. The number of piperidine rings is 1. The SMILES string of the molecule is COC1CCC2NC(C)C3C[C@H]([C@@](C)(Cl)Br)OC3C2C1. The maximum absolute atomic E-state index is 6.43. The summed E-state index contributed by atoms with van der Waals surface area (Å²) < 4.78 is 11.5. The third-order valence-corrected chi connectivity index (χ3v) is 6.28. The first-order valence-electron chi connectivity index (χ1n) is 7.72. The van der Waals surface area contributed by atoms with E-state index in [1.807, 2.05) is 14.0 Å². The molecule has 6 unspecified atom stereocenters. The summed E-state index contributed by atoms with van der Waals surface area (Å²) in [5.41, 5.74) is 0. The van der Waals surface area contributed by atoms with Crippen LogP contribution >= 0.6 is 27.5 Å². The van der Waals surface area contributed by atoms with Crippen LogP contribution in [0.4, 0.5) is 0 Å². The van der Waals surface area contributed by atoms with Gasteiger partial charge in [0.25, 0.3) is 0 Å². The zero-order chi connectivity index (χ0) is 14.5. The fraction of sp³-hybridized carbons (Fsp3) is 1.00. The summed E-state index contributed by atoms with van der Waals surface area (Å²) in [6.45, 7) is 4.28. The van der Waals surface area contributed by atoms with Gasteiger partial charge in [-0.3, -0.25) is 0 Å². The number of nitrogens with one attached hydrogen (secondary N) is 1. The molecule has 2 heterocycles. The average molecular weight is 367 g/mol. The molecule has 1 aliphatic carbocycles. The van der Waals surface area contributed by atoms with Crippen molar-refractivity contribution in [3.05, 3.63) is 0 Å². The van der Waals surface area contributed by atoms with Gasteiger partial charge in [-0.2, -0.15) is 0 Å². The van der Waals surface area contributed by atoms with Crippen LogP contribution in [0, 0.1) is 11.8 Å². The van der Waals surface area contributed by atoms with Crippen molar-refractivity contribution in [2.45, 2.75) is 73.7 Å². The van der Waals surface area contributed by atoms with Gasteiger partial charge in [-0.05, 0) is 39.5 Å². The summed E-state index contributed by atoms with van der Waals surface area (Å²) in [5, 5.41) is 3.81. The van der Waals surface area contributed by atoms with E-state index in [9.17, 15) is 0 Å². The van der Waals surface area contributed by atoms with Crippen molar-refractivity contribution in [1.29, 1.82) is 0 Å². The first kappa shape index (κ1) is 15.5. The third kappa shape index (κ3) is 2.79. The maximum atomic E-state index is 6.43. The molecule has 0 amide bonds. The number of methoxy groups -OCH3 is 1. The van der Waals surface area contributed by atoms with E-state index in [0.29, 0.717) is 36.1 Å². The van der Waals surface area contributed by atoms with Crippen LogP contribution in [0.3, 0.4) is 0 Å². The second-order valence-electron chi connectivity index (χ2n) is 6.84. The molecule has 2 saturated heterocycles. The van der Waals surface area contributed by atoms with Crippen LogP contribution in [0.25, 0.3) is 0 Å². The number of fused-ring (bicyclic) bond motifs is 3. The van der Waals surface area contributed by atoms with Crippen molar-refractivity contribution in [1.82, 2.24) is 5.32 Å². The lowest BCUT2D eigenvalue weighted by molar-refractivity contribution is -0.0748. The lowest BCUT2D eigenvalue weighted by Crippen LogP contribution is -2.59. The van der Waals surface area contributed by atoms with E-state index < -0.39 is 3.78 Å². The molecule has 116 valence electrons. The summed E-state index contributed by atoms with van der Waals surface area (Å²) in [6, 6.07) is 1.09. The average Bonchev–Trinajstić information content (AvgIpc) is 2.84. The van der Waals surface area contributed by atoms with Crippen LogP contribution in [0.2, 0.25) is 0 Å². The van der Waals surface area contributed by atoms with Gasteiger partial charge in [-0.25, -0.2) is 0 Å². The number of halogens is 2. The van der Waals surface area contributed by atoms with Crippen molar-refractivity contribution < 1.29 is 9.47 Å². The summed E-state index contributed by atoms with van der Waals surface area (Å²) in [5.74, 6) is 1.12. The minimum atomic E-state index is -0.463. The number of hydrogen-bond acceptors (Lipinski definition) is 3. The Morgan fingerprint density at radius 3 is 2.70 bits per heavy atom. The minimum Gasteiger partial charge on any atom is -0.381 e. The van der Waals surface area contributed by atoms with E-state index in [1.165, 1.54) is 6.42 Å². The molecule has 0 aromatic heterocycles. The van der Waals surface area contributed by atoms with E-state index in [0.717, 1.165) is 19.3 Å². The second-order valence-corrected chi connectivity index (χ2v) is 9.73. The molecule has 3 rings (SSSR count). The number of rotatable bonds is 2. The Morgan fingerprint density at radius 2 is 2.05 bits per heavy atom. The Hall–Kier alpha value is 0.650. The molecule has 1 saturated carbocycles. The smallest absolute Gasteiger partial charge is 0.122 e. The predicted octanol–water partition coefficient (Wildman–Crippen LogP) is 3.29. The molecule has 0 radical (unpaired) electrons. The molecule has 0 aromatic carbocycles. The number of hydrogen-bond donors (Lipinski definition) is 1. The van der Waals surface area contributed by atoms with Gasteiger partial charge >= 0.3 is 0 Å². The van der Waals surface area contributed by atoms with Crippen LogP contribution in [0.5, 0.6) is 0 Å². The van der Waals surface area contributed by atoms with Gasteiger partial charge in [0.1, 0.15) is 3.78 Å². The zero-order valence-corrected chi connectivity index (χ0v) is 14.8. The lowest BCUT2D eigenvalue weighted by atomic mass is 9.70. The quantitative estimate of drug-likeness (QED) is 0.761. The monoisotopic (exact) mass is 365 g/mol. The van der Waals surface area contributed by atoms with Crippen molar-refractivity contribution in [2.75, 3.05) is 7.11 Å². The molecule has 1 N–H and O–H groups in total. The fourth-order valence-corrected chi connectivity index (χ4v) is 4.81. The zero-order valence-electron chi connectivity index (χ0n) is 12.4. The molecular formula is C15H25BrClNO2. The van der Waals surface area contributed by atoms with Crippen molar-refractivity contribution in [2.24, 2.45) is 11.8 Å². The molecule has 3 fully saturated rings. The molecule has 20 heavy (non-hydrogen) atoms. The van der Waals surface area contributed by atoms with Crippen LogP contribution in [0.1, 0.15) is 39.5 Å². The second kappa shape index (κ2) is 5.69. The summed E-state index contributed by atoms with van der Waals surface area (Å²) in [4.78, 5) is 0. The van der Waals surface area contributed by atoms with E-state index in [-0.39, 0.29) is 6.10 Å². The third-order valence-electron chi connectivity index (χ3n) is 5.52.